The highest BCUT2D eigenvalue weighted by Gasteiger charge is 2.37. The first-order valence-corrected chi connectivity index (χ1v) is 6.51. The summed E-state index contributed by atoms with van der Waals surface area (Å²) in [5.74, 6) is -0.107. The van der Waals surface area contributed by atoms with E-state index in [-0.39, 0.29) is 17.6 Å². The summed E-state index contributed by atoms with van der Waals surface area (Å²) < 4.78 is 1.35. The van der Waals surface area contributed by atoms with Crippen molar-refractivity contribution in [2.24, 2.45) is 0 Å². The molecule has 110 valence electrons. The Balaban J connectivity index is 2.19. The highest BCUT2D eigenvalue weighted by molar-refractivity contribution is 5.83. The van der Waals surface area contributed by atoms with Gasteiger partial charge >= 0.3 is 5.69 Å². The summed E-state index contributed by atoms with van der Waals surface area (Å²) in [6, 6.07) is 0.160. The Morgan fingerprint density at radius 3 is 2.85 bits per heavy atom. The van der Waals surface area contributed by atoms with Crippen LogP contribution >= 0.6 is 0 Å². The fraction of sp³-hybridized carbons (Fsp3) is 0.667. The average Bonchev–Trinajstić information content (AvgIpc) is 3.07. The minimum Gasteiger partial charge on any atom is -0.339 e. The predicted molar refractivity (Wildman–Crippen MR) is 72.2 cm³/mol. The number of nitro groups is 1. The molecular formula is C12H19N5O3. The summed E-state index contributed by atoms with van der Waals surface area (Å²) >= 11 is 0. The number of hydrogen-bond acceptors (Lipinski definition) is 5. The van der Waals surface area contributed by atoms with Gasteiger partial charge in [0.2, 0.25) is 5.91 Å². The van der Waals surface area contributed by atoms with Crippen LogP contribution in [0.3, 0.4) is 0 Å². The molecule has 1 aromatic heterocycles. The molecule has 0 radical (unpaired) electrons. The van der Waals surface area contributed by atoms with Crippen LogP contribution in [0.25, 0.3) is 0 Å². The molecule has 1 N–H and O–H groups in total. The van der Waals surface area contributed by atoms with Crippen LogP contribution in [0.5, 0.6) is 0 Å². The van der Waals surface area contributed by atoms with Crippen LogP contribution in [0.15, 0.2) is 12.4 Å². The number of likely N-dealkylation sites (N-methyl/N-ethyl adjacent to an activating group) is 1. The van der Waals surface area contributed by atoms with Crippen molar-refractivity contribution in [3.8, 4) is 0 Å². The first-order chi connectivity index (χ1) is 9.34. The van der Waals surface area contributed by atoms with Crippen molar-refractivity contribution in [1.29, 1.82) is 0 Å². The van der Waals surface area contributed by atoms with Gasteiger partial charge in [-0.15, -0.1) is 0 Å². The van der Waals surface area contributed by atoms with E-state index in [1.165, 1.54) is 10.9 Å². The Morgan fingerprint density at radius 1 is 1.65 bits per heavy atom. The molecule has 0 saturated carbocycles. The zero-order chi connectivity index (χ0) is 14.9. The lowest BCUT2D eigenvalue weighted by Crippen LogP contribution is -2.50. The Hall–Kier alpha value is -1.96. The average molecular weight is 281 g/mol. The third-order valence-corrected chi connectivity index (χ3v) is 3.78. The molecule has 1 atom stereocenters. The molecule has 20 heavy (non-hydrogen) atoms. The van der Waals surface area contributed by atoms with Gasteiger partial charge in [-0.1, -0.05) is 0 Å². The quantitative estimate of drug-likeness (QED) is 0.635. The van der Waals surface area contributed by atoms with Crippen LogP contribution < -0.4 is 5.32 Å². The fourth-order valence-corrected chi connectivity index (χ4v) is 2.38. The number of amides is 1. The normalized spacial score (nSPS) is 19.1. The van der Waals surface area contributed by atoms with Gasteiger partial charge in [-0.25, -0.2) is 0 Å². The smallest absolute Gasteiger partial charge is 0.307 e. The Labute approximate surface area is 116 Å². The Bertz CT molecular complexity index is 519. The topological polar surface area (TPSA) is 93.3 Å². The molecule has 8 heteroatoms. The minimum atomic E-state index is -0.953. The van der Waals surface area contributed by atoms with Gasteiger partial charge in [-0.3, -0.25) is 19.6 Å². The highest BCUT2D eigenvalue weighted by Crippen LogP contribution is 2.22. The highest BCUT2D eigenvalue weighted by atomic mass is 16.6. The number of carbonyl (C=O) groups excluding carboxylic acids is 1. The summed E-state index contributed by atoms with van der Waals surface area (Å²) in [5, 5.41) is 17.9. The second-order valence-corrected chi connectivity index (χ2v) is 5.52. The molecule has 0 aromatic carbocycles. The van der Waals surface area contributed by atoms with Crippen LogP contribution in [-0.4, -0.2) is 51.7 Å². The van der Waals surface area contributed by atoms with E-state index in [1.54, 1.807) is 25.8 Å². The number of carbonyl (C=O) groups is 1. The van der Waals surface area contributed by atoms with E-state index < -0.39 is 10.5 Å². The zero-order valence-electron chi connectivity index (χ0n) is 11.9. The van der Waals surface area contributed by atoms with Gasteiger partial charge < -0.3 is 10.2 Å². The molecular weight excluding hydrogens is 262 g/mol. The molecule has 8 nitrogen and oxygen atoms in total. The van der Waals surface area contributed by atoms with Gasteiger partial charge in [-0.05, 0) is 26.8 Å². The molecule has 1 saturated heterocycles. The first-order valence-electron chi connectivity index (χ1n) is 6.51. The second-order valence-electron chi connectivity index (χ2n) is 5.52. The first kappa shape index (κ1) is 14.4. The van der Waals surface area contributed by atoms with E-state index in [0.717, 1.165) is 25.7 Å². The second kappa shape index (κ2) is 5.20. The van der Waals surface area contributed by atoms with E-state index in [4.69, 9.17) is 0 Å². The molecule has 0 aliphatic carbocycles. The van der Waals surface area contributed by atoms with Crippen LogP contribution in [0.1, 0.15) is 20.3 Å². The number of aromatic nitrogens is 2. The maximum Gasteiger partial charge on any atom is 0.307 e. The molecule has 1 aliphatic heterocycles. The molecule has 1 fully saturated rings. The third-order valence-electron chi connectivity index (χ3n) is 3.78. The van der Waals surface area contributed by atoms with Crippen LogP contribution in [0.4, 0.5) is 5.69 Å². The van der Waals surface area contributed by atoms with Crippen molar-refractivity contribution in [1.82, 2.24) is 20.0 Å². The molecule has 0 bridgehead atoms. The van der Waals surface area contributed by atoms with Crippen molar-refractivity contribution in [2.45, 2.75) is 31.8 Å². The number of hydrogen-bond donors (Lipinski definition) is 1. The molecule has 1 aliphatic rings. The van der Waals surface area contributed by atoms with Gasteiger partial charge in [0.25, 0.3) is 0 Å². The van der Waals surface area contributed by atoms with Crippen molar-refractivity contribution in [2.75, 3.05) is 20.1 Å². The van der Waals surface area contributed by atoms with Crippen LogP contribution in [0.2, 0.25) is 0 Å². The summed E-state index contributed by atoms with van der Waals surface area (Å²) in [5.41, 5.74) is -1.07. The zero-order valence-corrected chi connectivity index (χ0v) is 11.9. The van der Waals surface area contributed by atoms with Gasteiger partial charge in [0, 0.05) is 19.6 Å². The molecule has 2 rings (SSSR count). The maximum atomic E-state index is 12.6. The standard InChI is InChI=1S/C12H19N5O3/c1-12(2,16-8-10(7-14-16)17(19)20)11(18)15(3)9-4-5-13-6-9/h7-9,13H,4-6H2,1-3H3. The maximum absolute atomic E-state index is 12.6. The van der Waals surface area contributed by atoms with Crippen LogP contribution in [-0.2, 0) is 10.3 Å². The fourth-order valence-electron chi connectivity index (χ4n) is 2.38. The lowest BCUT2D eigenvalue weighted by molar-refractivity contribution is -0.385. The van der Waals surface area contributed by atoms with Crippen molar-refractivity contribution in [3.05, 3.63) is 22.5 Å². The number of rotatable bonds is 4. The lowest BCUT2D eigenvalue weighted by Gasteiger charge is -2.32. The molecule has 1 aromatic rings. The van der Waals surface area contributed by atoms with E-state index in [1.807, 2.05) is 0 Å². The predicted octanol–water partition coefficient (Wildman–Crippen LogP) is 0.347. The molecule has 1 amide bonds. The van der Waals surface area contributed by atoms with E-state index in [2.05, 4.69) is 10.4 Å². The summed E-state index contributed by atoms with van der Waals surface area (Å²) in [7, 11) is 1.76. The van der Waals surface area contributed by atoms with Gasteiger partial charge in [-0.2, -0.15) is 5.10 Å². The van der Waals surface area contributed by atoms with Crippen LogP contribution in [0, 0.1) is 10.1 Å². The number of nitrogens with zero attached hydrogens (tertiary/aromatic N) is 4. The SMILES string of the molecule is CN(C(=O)C(C)(C)n1cc([N+](=O)[O-])cn1)C1CCNC1. The number of nitrogens with one attached hydrogen (secondary N) is 1. The van der Waals surface area contributed by atoms with E-state index in [0.29, 0.717) is 0 Å². The monoisotopic (exact) mass is 281 g/mol. The van der Waals surface area contributed by atoms with E-state index >= 15 is 0 Å². The lowest BCUT2D eigenvalue weighted by atomic mass is 10.0. The third kappa shape index (κ3) is 2.51. The molecule has 1 unspecified atom stereocenters. The summed E-state index contributed by atoms with van der Waals surface area (Å²) in [6.45, 7) is 5.10. The molecule has 0 spiro atoms. The Kier molecular flexibility index (Phi) is 3.76. The molecule has 2 heterocycles. The van der Waals surface area contributed by atoms with Gasteiger partial charge in [0.05, 0.1) is 4.92 Å². The largest absolute Gasteiger partial charge is 0.339 e. The van der Waals surface area contributed by atoms with Crippen molar-refractivity contribution >= 4 is 11.6 Å². The van der Waals surface area contributed by atoms with E-state index in [9.17, 15) is 14.9 Å². The van der Waals surface area contributed by atoms with Crippen molar-refractivity contribution in [3.63, 3.8) is 0 Å². The van der Waals surface area contributed by atoms with Crippen molar-refractivity contribution < 1.29 is 9.72 Å². The minimum absolute atomic E-state index is 0.107. The van der Waals surface area contributed by atoms with Gasteiger partial charge in [0.15, 0.2) is 0 Å². The Morgan fingerprint density at radius 2 is 2.35 bits per heavy atom. The summed E-state index contributed by atoms with van der Waals surface area (Å²) in [6.07, 6.45) is 3.36. The summed E-state index contributed by atoms with van der Waals surface area (Å²) in [4.78, 5) is 24.5. The van der Waals surface area contributed by atoms with Gasteiger partial charge in [0.1, 0.15) is 17.9 Å².